The lowest BCUT2D eigenvalue weighted by molar-refractivity contribution is -0.136. The number of nitriles is 1. The van der Waals surface area contributed by atoms with Crippen LogP contribution in [0, 0.1) is 29.1 Å². The second-order valence-corrected chi connectivity index (χ2v) is 11.0. The molecule has 2 fully saturated rings. The molecule has 1 aromatic heterocycles. The average molecular weight is 459 g/mol. The Morgan fingerprint density at radius 2 is 2.06 bits per heavy atom. The first-order chi connectivity index (χ1) is 15.3. The van der Waals surface area contributed by atoms with Crippen molar-refractivity contribution >= 4 is 28.3 Å². The Kier molecular flexibility index (Phi) is 6.75. The standard InChI is InChI=1S/C23H34N6O2S/c1-27(2)7-6-26-23(31)29(12-14-4-5-14)22(30)16-8-15-9-17-18(11-24)21(25)32-20(17)10-19(15)28(3)13-16/h14-16,19H,4-10,12-13,25H2,1-3H3,(H,26,31)/t15-,16-,19-/m1/s1. The van der Waals surface area contributed by atoms with Crippen LogP contribution in [-0.2, 0) is 17.6 Å². The van der Waals surface area contributed by atoms with Crippen LogP contribution in [0.5, 0.6) is 0 Å². The van der Waals surface area contributed by atoms with Crippen LogP contribution < -0.4 is 11.1 Å². The van der Waals surface area contributed by atoms with E-state index in [1.807, 2.05) is 19.0 Å². The van der Waals surface area contributed by atoms with Crippen LogP contribution >= 0.6 is 11.3 Å². The van der Waals surface area contributed by atoms with Crippen LogP contribution in [0.3, 0.4) is 0 Å². The van der Waals surface area contributed by atoms with E-state index in [1.54, 1.807) is 0 Å². The summed E-state index contributed by atoms with van der Waals surface area (Å²) in [6.07, 6.45) is 4.58. The number of carbonyl (C=O) groups excluding carboxylic acids is 2. The predicted octanol–water partition coefficient (Wildman–Crippen LogP) is 1.75. The highest BCUT2D eigenvalue weighted by molar-refractivity contribution is 7.16. The summed E-state index contributed by atoms with van der Waals surface area (Å²) < 4.78 is 0. The van der Waals surface area contributed by atoms with E-state index >= 15 is 0 Å². The SMILES string of the molecule is CN(C)CCNC(=O)N(CC1CC1)C(=O)[C@@H]1C[C@@H]2Cc3c(sc(N)c3C#N)C[C@H]2N(C)C1. The third-order valence-electron chi connectivity index (χ3n) is 7.13. The summed E-state index contributed by atoms with van der Waals surface area (Å²) in [5.74, 6) is 0.469. The molecule has 1 saturated carbocycles. The summed E-state index contributed by atoms with van der Waals surface area (Å²) in [6, 6.07) is 2.36. The smallest absolute Gasteiger partial charge is 0.324 e. The molecule has 1 saturated heterocycles. The zero-order valence-electron chi connectivity index (χ0n) is 19.3. The molecule has 2 aliphatic carbocycles. The molecule has 0 unspecified atom stereocenters. The van der Waals surface area contributed by atoms with Gasteiger partial charge in [-0.2, -0.15) is 5.26 Å². The van der Waals surface area contributed by atoms with Crippen molar-refractivity contribution < 1.29 is 9.59 Å². The number of rotatable bonds is 6. The normalized spacial score (nSPS) is 25.0. The Labute approximate surface area is 194 Å². The van der Waals surface area contributed by atoms with Crippen LogP contribution in [0.2, 0.25) is 0 Å². The Morgan fingerprint density at radius 3 is 2.72 bits per heavy atom. The molecule has 3 amide bonds. The number of nitrogens with two attached hydrogens (primary N) is 1. The summed E-state index contributed by atoms with van der Waals surface area (Å²) in [7, 11) is 6.00. The maximum atomic E-state index is 13.6. The lowest BCUT2D eigenvalue weighted by Gasteiger charge is -2.45. The van der Waals surface area contributed by atoms with Gasteiger partial charge < -0.3 is 20.9 Å². The number of thiophene rings is 1. The lowest BCUT2D eigenvalue weighted by Crippen LogP contribution is -2.56. The fourth-order valence-corrected chi connectivity index (χ4v) is 6.28. The monoisotopic (exact) mass is 458 g/mol. The number of fused-ring (bicyclic) bond motifs is 2. The third kappa shape index (κ3) is 4.77. The maximum absolute atomic E-state index is 13.6. The molecule has 9 heteroatoms. The number of hydrogen-bond acceptors (Lipinski definition) is 7. The van der Waals surface area contributed by atoms with Gasteiger partial charge in [-0.3, -0.25) is 9.69 Å². The molecule has 4 rings (SSSR count). The van der Waals surface area contributed by atoms with Gasteiger partial charge in [0, 0.05) is 37.1 Å². The molecule has 8 nitrogen and oxygen atoms in total. The van der Waals surface area contributed by atoms with Gasteiger partial charge in [-0.1, -0.05) is 0 Å². The number of nitrogens with one attached hydrogen (secondary N) is 1. The zero-order chi connectivity index (χ0) is 23.0. The quantitative estimate of drug-likeness (QED) is 0.673. The summed E-state index contributed by atoms with van der Waals surface area (Å²) in [5, 5.41) is 13.1. The highest BCUT2D eigenvalue weighted by Crippen LogP contribution is 2.43. The zero-order valence-corrected chi connectivity index (χ0v) is 20.1. The van der Waals surface area contributed by atoms with Crippen molar-refractivity contribution in [3.63, 3.8) is 0 Å². The molecule has 32 heavy (non-hydrogen) atoms. The molecule has 0 radical (unpaired) electrons. The minimum Gasteiger partial charge on any atom is -0.389 e. The number of imide groups is 1. The highest BCUT2D eigenvalue weighted by Gasteiger charge is 2.43. The van der Waals surface area contributed by atoms with Gasteiger partial charge in [0.1, 0.15) is 11.1 Å². The number of likely N-dealkylation sites (tertiary alicyclic amines) is 1. The number of anilines is 1. The Balaban J connectivity index is 1.47. The van der Waals surface area contributed by atoms with Crippen molar-refractivity contribution in [1.29, 1.82) is 5.26 Å². The van der Waals surface area contributed by atoms with Gasteiger partial charge in [-0.25, -0.2) is 4.79 Å². The fraction of sp³-hybridized carbons (Fsp3) is 0.696. The number of nitrogen functional groups attached to an aromatic ring is 1. The molecule has 1 aromatic rings. The Morgan fingerprint density at radius 1 is 1.31 bits per heavy atom. The van der Waals surface area contributed by atoms with E-state index in [-0.39, 0.29) is 23.8 Å². The minimum atomic E-state index is -0.267. The third-order valence-corrected chi connectivity index (χ3v) is 8.21. The Bertz CT molecular complexity index is 918. The van der Waals surface area contributed by atoms with E-state index in [0.29, 0.717) is 42.2 Å². The molecule has 0 aromatic carbocycles. The summed E-state index contributed by atoms with van der Waals surface area (Å²) in [5.41, 5.74) is 7.79. The average Bonchev–Trinajstić information content (AvgIpc) is 3.51. The van der Waals surface area contributed by atoms with Crippen LogP contribution in [0.25, 0.3) is 0 Å². The number of urea groups is 1. The van der Waals surface area contributed by atoms with E-state index in [4.69, 9.17) is 5.73 Å². The highest BCUT2D eigenvalue weighted by atomic mass is 32.1. The first kappa shape index (κ1) is 23.0. The number of hydrogen-bond donors (Lipinski definition) is 2. The van der Waals surface area contributed by atoms with Crippen molar-refractivity contribution in [3.05, 3.63) is 16.0 Å². The van der Waals surface area contributed by atoms with Crippen LogP contribution in [-0.4, -0.2) is 80.0 Å². The molecule has 2 heterocycles. The maximum Gasteiger partial charge on any atom is 0.324 e. The van der Waals surface area contributed by atoms with Crippen molar-refractivity contribution in [2.45, 2.75) is 38.1 Å². The summed E-state index contributed by atoms with van der Waals surface area (Å²) in [4.78, 5) is 33.4. The number of carbonyl (C=O) groups is 2. The second kappa shape index (κ2) is 9.38. The van der Waals surface area contributed by atoms with Crippen molar-refractivity contribution in [3.8, 4) is 6.07 Å². The van der Waals surface area contributed by atoms with Crippen LogP contribution in [0.15, 0.2) is 0 Å². The van der Waals surface area contributed by atoms with Crippen molar-refractivity contribution in [2.75, 3.05) is 53.1 Å². The summed E-state index contributed by atoms with van der Waals surface area (Å²) >= 11 is 1.54. The first-order valence-electron chi connectivity index (χ1n) is 11.5. The van der Waals surface area contributed by atoms with Gasteiger partial charge in [0.15, 0.2) is 0 Å². The molecule has 3 N–H and O–H groups in total. The summed E-state index contributed by atoms with van der Waals surface area (Å²) in [6.45, 7) is 2.44. The number of likely N-dealkylation sites (N-methyl/N-ethyl adjacent to an activating group) is 2. The van der Waals surface area contributed by atoms with E-state index in [0.717, 1.165) is 44.2 Å². The van der Waals surface area contributed by atoms with Gasteiger partial charge in [0.2, 0.25) is 5.91 Å². The molecule has 174 valence electrons. The molecule has 3 aliphatic rings. The second-order valence-electron chi connectivity index (χ2n) is 9.89. The number of amides is 3. The van der Waals surface area contributed by atoms with Gasteiger partial charge >= 0.3 is 6.03 Å². The van der Waals surface area contributed by atoms with Crippen molar-refractivity contribution in [1.82, 2.24) is 20.0 Å². The van der Waals surface area contributed by atoms with Gasteiger partial charge in [-0.05, 0) is 70.6 Å². The van der Waals surface area contributed by atoms with E-state index in [2.05, 4.69) is 23.3 Å². The predicted molar refractivity (Wildman–Crippen MR) is 125 cm³/mol. The topological polar surface area (TPSA) is 106 Å². The lowest BCUT2D eigenvalue weighted by atomic mass is 9.74. The number of nitrogens with zero attached hydrogens (tertiary/aromatic N) is 4. The van der Waals surface area contributed by atoms with Crippen LogP contribution in [0.4, 0.5) is 9.80 Å². The number of piperidine rings is 1. The fourth-order valence-electron chi connectivity index (χ4n) is 5.18. The van der Waals surface area contributed by atoms with E-state index in [9.17, 15) is 14.9 Å². The van der Waals surface area contributed by atoms with Gasteiger partial charge in [0.05, 0.1) is 11.5 Å². The molecular weight excluding hydrogens is 424 g/mol. The van der Waals surface area contributed by atoms with Gasteiger partial charge in [0.25, 0.3) is 0 Å². The van der Waals surface area contributed by atoms with Crippen LogP contribution in [0.1, 0.15) is 35.3 Å². The minimum absolute atomic E-state index is 0.0549. The first-order valence-corrected chi connectivity index (χ1v) is 12.3. The molecule has 3 atom stereocenters. The van der Waals surface area contributed by atoms with Gasteiger partial charge in [-0.15, -0.1) is 11.3 Å². The molecular formula is C23H34N6O2S. The van der Waals surface area contributed by atoms with E-state index < -0.39 is 0 Å². The van der Waals surface area contributed by atoms with E-state index in [1.165, 1.54) is 21.1 Å². The molecule has 1 aliphatic heterocycles. The molecule has 0 spiro atoms. The largest absolute Gasteiger partial charge is 0.389 e. The van der Waals surface area contributed by atoms with Crippen molar-refractivity contribution in [2.24, 2.45) is 17.8 Å². The molecule has 0 bridgehead atoms. The Hall–Kier alpha value is -2.15.